The van der Waals surface area contributed by atoms with Crippen molar-refractivity contribution < 1.29 is 18.3 Å². The molecule has 8 heteroatoms. The number of likely N-dealkylation sites (tertiary alicyclic amines) is 2. The van der Waals surface area contributed by atoms with Crippen LogP contribution in [0.3, 0.4) is 0 Å². The summed E-state index contributed by atoms with van der Waals surface area (Å²) in [4.78, 5) is 20.3. The predicted octanol–water partition coefficient (Wildman–Crippen LogP) is 2.64. The molecule has 1 amide bonds. The Bertz CT molecular complexity index is 599. The third-order valence-corrected chi connectivity index (χ3v) is 6.27. The lowest BCUT2D eigenvalue weighted by molar-refractivity contribution is -0.229. The number of amides is 1. The number of alkyl halides is 2. The van der Waals surface area contributed by atoms with Crippen molar-refractivity contribution in [3.63, 3.8) is 0 Å². The van der Waals surface area contributed by atoms with E-state index >= 15 is 0 Å². The summed E-state index contributed by atoms with van der Waals surface area (Å²) in [5.74, 6) is -2.49. The van der Waals surface area contributed by atoms with Gasteiger partial charge < -0.3 is 14.5 Å². The van der Waals surface area contributed by atoms with Crippen molar-refractivity contribution in [2.75, 3.05) is 32.7 Å². The summed E-state index contributed by atoms with van der Waals surface area (Å²) in [6.07, 6.45) is 2.72. The molecule has 0 radical (unpaired) electrons. The SMILES string of the molecule is O=C(c1cscn1)N1CCC2(CC1)C[C@H](CN1CCC(F)(F)CC1)O2. The number of aromatic nitrogens is 1. The average molecular weight is 371 g/mol. The fourth-order valence-electron chi connectivity index (χ4n) is 4.13. The van der Waals surface area contributed by atoms with Crippen molar-refractivity contribution in [1.29, 1.82) is 0 Å². The van der Waals surface area contributed by atoms with Crippen LogP contribution in [0.5, 0.6) is 0 Å². The Morgan fingerprint density at radius 2 is 1.92 bits per heavy atom. The van der Waals surface area contributed by atoms with Gasteiger partial charge in [0.05, 0.1) is 17.2 Å². The molecule has 25 heavy (non-hydrogen) atoms. The Labute approximate surface area is 150 Å². The molecule has 0 N–H and O–H groups in total. The summed E-state index contributed by atoms with van der Waals surface area (Å²) in [6.45, 7) is 3.04. The number of nitrogens with zero attached hydrogens (tertiary/aromatic N) is 3. The molecule has 3 fully saturated rings. The number of rotatable bonds is 3. The van der Waals surface area contributed by atoms with Crippen LogP contribution in [0.2, 0.25) is 0 Å². The van der Waals surface area contributed by atoms with Crippen molar-refractivity contribution in [2.24, 2.45) is 0 Å². The quantitative estimate of drug-likeness (QED) is 0.820. The number of piperidine rings is 2. The highest BCUT2D eigenvalue weighted by Crippen LogP contribution is 2.42. The average Bonchev–Trinajstić information content (AvgIpc) is 3.10. The first-order valence-electron chi connectivity index (χ1n) is 8.90. The maximum Gasteiger partial charge on any atom is 0.273 e. The number of hydrogen-bond acceptors (Lipinski definition) is 5. The molecule has 1 atom stereocenters. The zero-order chi connectivity index (χ0) is 17.5. The molecule has 3 saturated heterocycles. The van der Waals surface area contributed by atoms with Crippen molar-refractivity contribution in [3.05, 3.63) is 16.6 Å². The minimum absolute atomic E-state index is 0.00113. The Morgan fingerprint density at radius 1 is 1.24 bits per heavy atom. The lowest BCUT2D eigenvalue weighted by Gasteiger charge is -2.53. The van der Waals surface area contributed by atoms with Gasteiger partial charge in [0.15, 0.2) is 0 Å². The van der Waals surface area contributed by atoms with Crippen LogP contribution in [0.15, 0.2) is 10.9 Å². The van der Waals surface area contributed by atoms with E-state index in [4.69, 9.17) is 4.74 Å². The van der Waals surface area contributed by atoms with E-state index < -0.39 is 5.92 Å². The normalized spacial score (nSPS) is 28.7. The molecule has 5 nitrogen and oxygen atoms in total. The topological polar surface area (TPSA) is 45.7 Å². The summed E-state index contributed by atoms with van der Waals surface area (Å²) in [6, 6.07) is 0. The maximum atomic E-state index is 13.2. The van der Waals surface area contributed by atoms with Crippen LogP contribution >= 0.6 is 11.3 Å². The standard InChI is InChI=1S/C17H23F2N3O2S/c18-17(19)3-5-21(6-4-17)10-13-9-16(24-13)1-7-22(8-2-16)15(23)14-11-25-12-20-14/h11-13H,1-10H2/t13-/m1/s1. The van der Waals surface area contributed by atoms with Crippen LogP contribution in [-0.2, 0) is 4.74 Å². The molecule has 3 aliphatic heterocycles. The minimum atomic E-state index is -2.49. The van der Waals surface area contributed by atoms with E-state index in [-0.39, 0.29) is 30.5 Å². The van der Waals surface area contributed by atoms with E-state index in [1.54, 1.807) is 10.9 Å². The molecule has 1 spiro atoms. The fraction of sp³-hybridized carbons (Fsp3) is 0.765. The summed E-state index contributed by atoms with van der Waals surface area (Å²) in [5, 5.41) is 1.78. The molecule has 1 aromatic heterocycles. The molecule has 3 aliphatic rings. The summed E-state index contributed by atoms with van der Waals surface area (Å²) in [5.41, 5.74) is 2.09. The molecule has 4 rings (SSSR count). The molecule has 0 aliphatic carbocycles. The van der Waals surface area contributed by atoms with E-state index in [0.29, 0.717) is 31.9 Å². The molecule has 0 aromatic carbocycles. The van der Waals surface area contributed by atoms with Crippen LogP contribution in [0.1, 0.15) is 42.6 Å². The lowest BCUT2D eigenvalue weighted by Crippen LogP contribution is -2.60. The van der Waals surface area contributed by atoms with E-state index in [0.717, 1.165) is 25.8 Å². The number of thiazole rings is 1. The van der Waals surface area contributed by atoms with Gasteiger partial charge in [-0.2, -0.15) is 0 Å². The predicted molar refractivity (Wildman–Crippen MR) is 90.1 cm³/mol. The number of carbonyl (C=O) groups excluding carboxylic acids is 1. The lowest BCUT2D eigenvalue weighted by atomic mass is 9.80. The smallest absolute Gasteiger partial charge is 0.273 e. The van der Waals surface area contributed by atoms with Gasteiger partial charge in [-0.15, -0.1) is 11.3 Å². The second-order valence-electron chi connectivity index (χ2n) is 7.45. The van der Waals surface area contributed by atoms with Gasteiger partial charge in [0.25, 0.3) is 11.8 Å². The number of halogens is 2. The first-order chi connectivity index (χ1) is 11.9. The molecule has 4 heterocycles. The molecule has 0 saturated carbocycles. The largest absolute Gasteiger partial charge is 0.370 e. The zero-order valence-electron chi connectivity index (χ0n) is 14.1. The van der Waals surface area contributed by atoms with Gasteiger partial charge >= 0.3 is 0 Å². The molecule has 0 bridgehead atoms. The first-order valence-corrected chi connectivity index (χ1v) is 9.85. The van der Waals surface area contributed by atoms with Gasteiger partial charge in [-0.05, 0) is 12.8 Å². The van der Waals surface area contributed by atoms with Crippen molar-refractivity contribution in [3.8, 4) is 0 Å². The van der Waals surface area contributed by atoms with Crippen LogP contribution < -0.4 is 0 Å². The number of hydrogen-bond donors (Lipinski definition) is 0. The zero-order valence-corrected chi connectivity index (χ0v) is 14.9. The second-order valence-corrected chi connectivity index (χ2v) is 8.17. The van der Waals surface area contributed by atoms with Gasteiger partial charge in [-0.1, -0.05) is 0 Å². The second kappa shape index (κ2) is 6.55. The number of carbonyl (C=O) groups is 1. The Morgan fingerprint density at radius 3 is 2.52 bits per heavy atom. The number of ether oxygens (including phenoxy) is 1. The fourth-order valence-corrected chi connectivity index (χ4v) is 4.66. The van der Waals surface area contributed by atoms with Gasteiger partial charge in [0.1, 0.15) is 5.69 Å². The van der Waals surface area contributed by atoms with Gasteiger partial charge in [0.2, 0.25) is 0 Å². The molecular weight excluding hydrogens is 348 g/mol. The van der Waals surface area contributed by atoms with Crippen molar-refractivity contribution in [1.82, 2.24) is 14.8 Å². The van der Waals surface area contributed by atoms with E-state index in [1.165, 1.54) is 11.3 Å². The van der Waals surface area contributed by atoms with Gasteiger partial charge in [-0.3, -0.25) is 4.79 Å². The van der Waals surface area contributed by atoms with Crippen LogP contribution in [0.25, 0.3) is 0 Å². The van der Waals surface area contributed by atoms with Crippen LogP contribution in [0, 0.1) is 0 Å². The van der Waals surface area contributed by atoms with E-state index in [9.17, 15) is 13.6 Å². The van der Waals surface area contributed by atoms with E-state index in [1.807, 2.05) is 4.90 Å². The highest BCUT2D eigenvalue weighted by Gasteiger charge is 2.48. The Balaban J connectivity index is 1.21. The third-order valence-electron chi connectivity index (χ3n) is 5.68. The third kappa shape index (κ3) is 3.71. The monoisotopic (exact) mass is 371 g/mol. The van der Waals surface area contributed by atoms with Gasteiger partial charge in [-0.25, -0.2) is 13.8 Å². The summed E-state index contributed by atoms with van der Waals surface area (Å²) in [7, 11) is 0. The molecule has 138 valence electrons. The molecule has 1 aromatic rings. The van der Waals surface area contributed by atoms with Crippen molar-refractivity contribution in [2.45, 2.75) is 49.7 Å². The first kappa shape index (κ1) is 17.3. The highest BCUT2D eigenvalue weighted by atomic mass is 32.1. The van der Waals surface area contributed by atoms with Crippen LogP contribution in [0.4, 0.5) is 8.78 Å². The molecular formula is C17H23F2N3O2S. The van der Waals surface area contributed by atoms with Gasteiger partial charge in [0, 0.05) is 57.4 Å². The highest BCUT2D eigenvalue weighted by molar-refractivity contribution is 7.07. The Kier molecular flexibility index (Phi) is 4.54. The van der Waals surface area contributed by atoms with Crippen molar-refractivity contribution >= 4 is 17.2 Å². The molecule has 0 unspecified atom stereocenters. The minimum Gasteiger partial charge on any atom is -0.370 e. The van der Waals surface area contributed by atoms with E-state index in [2.05, 4.69) is 9.88 Å². The summed E-state index contributed by atoms with van der Waals surface area (Å²) < 4.78 is 32.6. The van der Waals surface area contributed by atoms with Crippen LogP contribution in [-0.4, -0.2) is 71.0 Å². The Hall–Kier alpha value is -1.12. The maximum absolute atomic E-state index is 13.2. The summed E-state index contributed by atoms with van der Waals surface area (Å²) >= 11 is 1.43.